The minimum atomic E-state index is -0.924. The summed E-state index contributed by atoms with van der Waals surface area (Å²) in [4.78, 5) is 0. The highest BCUT2D eigenvalue weighted by Gasteiger charge is 2.18. The Morgan fingerprint density at radius 3 is 2.67 bits per heavy atom. The minimum absolute atomic E-state index is 0.249. The lowest BCUT2D eigenvalue weighted by Crippen LogP contribution is -2.05. The van der Waals surface area contributed by atoms with Crippen LogP contribution in [-0.2, 0) is 13.5 Å². The standard InChI is InChI=1S/C13H14ClFN2O/c1-8-10(13(14)17(2)16-8)7-12(18)9-5-3-4-6-11(9)15/h3-6,12,18H,7H2,1-2H3. The van der Waals surface area contributed by atoms with Gasteiger partial charge in [0.1, 0.15) is 11.0 Å². The van der Waals surface area contributed by atoms with Crippen molar-refractivity contribution in [2.45, 2.75) is 19.4 Å². The third-order valence-electron chi connectivity index (χ3n) is 2.93. The molecule has 0 aliphatic heterocycles. The topological polar surface area (TPSA) is 38.0 Å². The van der Waals surface area contributed by atoms with Crippen molar-refractivity contribution in [2.24, 2.45) is 7.05 Å². The maximum absolute atomic E-state index is 13.5. The van der Waals surface area contributed by atoms with Crippen molar-refractivity contribution in [3.05, 3.63) is 52.1 Å². The Kier molecular flexibility index (Phi) is 3.68. The average Bonchev–Trinajstić information content (AvgIpc) is 2.56. The smallest absolute Gasteiger partial charge is 0.130 e. The Labute approximate surface area is 110 Å². The second kappa shape index (κ2) is 5.08. The molecule has 1 aromatic carbocycles. The normalized spacial score (nSPS) is 12.7. The first-order valence-corrected chi connectivity index (χ1v) is 5.99. The molecule has 0 spiro atoms. The van der Waals surface area contributed by atoms with Crippen LogP contribution in [0, 0.1) is 12.7 Å². The molecule has 0 saturated carbocycles. The van der Waals surface area contributed by atoms with Crippen LogP contribution >= 0.6 is 11.6 Å². The minimum Gasteiger partial charge on any atom is -0.388 e. The van der Waals surface area contributed by atoms with Crippen LogP contribution < -0.4 is 0 Å². The van der Waals surface area contributed by atoms with Crippen LogP contribution in [0.15, 0.2) is 24.3 Å². The molecule has 5 heteroatoms. The summed E-state index contributed by atoms with van der Waals surface area (Å²) < 4.78 is 15.1. The second-order valence-electron chi connectivity index (χ2n) is 4.22. The highest BCUT2D eigenvalue weighted by molar-refractivity contribution is 6.30. The average molecular weight is 269 g/mol. The monoisotopic (exact) mass is 268 g/mol. The van der Waals surface area contributed by atoms with E-state index in [4.69, 9.17) is 11.6 Å². The molecule has 1 atom stereocenters. The molecule has 2 rings (SSSR count). The summed E-state index contributed by atoms with van der Waals surface area (Å²) in [5, 5.41) is 14.7. The number of aromatic nitrogens is 2. The number of aliphatic hydroxyl groups excluding tert-OH is 1. The number of rotatable bonds is 3. The van der Waals surface area contributed by atoms with E-state index in [9.17, 15) is 9.50 Å². The van der Waals surface area contributed by atoms with E-state index in [-0.39, 0.29) is 12.0 Å². The van der Waals surface area contributed by atoms with E-state index in [1.165, 1.54) is 6.07 Å². The van der Waals surface area contributed by atoms with Crippen LogP contribution in [-0.4, -0.2) is 14.9 Å². The predicted octanol–water partition coefficient (Wildman–Crippen LogP) is 2.80. The van der Waals surface area contributed by atoms with Gasteiger partial charge in [-0.05, 0) is 13.0 Å². The number of hydrogen-bond acceptors (Lipinski definition) is 2. The van der Waals surface area contributed by atoms with E-state index in [1.54, 1.807) is 29.9 Å². The Bertz CT molecular complexity index is 568. The molecule has 96 valence electrons. The molecule has 2 aromatic rings. The van der Waals surface area contributed by atoms with E-state index >= 15 is 0 Å². The first-order chi connectivity index (χ1) is 8.50. The summed E-state index contributed by atoms with van der Waals surface area (Å²) in [6.45, 7) is 1.81. The highest BCUT2D eigenvalue weighted by atomic mass is 35.5. The number of nitrogens with zero attached hydrogens (tertiary/aromatic N) is 2. The van der Waals surface area contributed by atoms with Gasteiger partial charge in [-0.1, -0.05) is 29.8 Å². The Hall–Kier alpha value is -1.39. The lowest BCUT2D eigenvalue weighted by Gasteiger charge is -2.11. The third-order valence-corrected chi connectivity index (χ3v) is 3.40. The van der Waals surface area contributed by atoms with Crippen molar-refractivity contribution in [2.75, 3.05) is 0 Å². The van der Waals surface area contributed by atoms with Gasteiger partial charge in [0, 0.05) is 24.6 Å². The van der Waals surface area contributed by atoms with Crippen molar-refractivity contribution >= 4 is 11.6 Å². The van der Waals surface area contributed by atoms with E-state index < -0.39 is 11.9 Å². The van der Waals surface area contributed by atoms with Gasteiger partial charge in [-0.3, -0.25) is 4.68 Å². The largest absolute Gasteiger partial charge is 0.388 e. The first-order valence-electron chi connectivity index (χ1n) is 5.61. The maximum atomic E-state index is 13.5. The van der Waals surface area contributed by atoms with E-state index in [2.05, 4.69) is 5.10 Å². The summed E-state index contributed by atoms with van der Waals surface area (Å²) in [6, 6.07) is 6.18. The van der Waals surface area contributed by atoms with Crippen LogP contribution in [0.1, 0.15) is 22.9 Å². The predicted molar refractivity (Wildman–Crippen MR) is 68.0 cm³/mol. The van der Waals surface area contributed by atoms with Crippen LogP contribution in [0.25, 0.3) is 0 Å². The van der Waals surface area contributed by atoms with Gasteiger partial charge < -0.3 is 5.11 Å². The van der Waals surface area contributed by atoms with Crippen LogP contribution in [0.5, 0.6) is 0 Å². The zero-order valence-corrected chi connectivity index (χ0v) is 10.9. The molecule has 3 nitrogen and oxygen atoms in total. The Morgan fingerprint density at radius 1 is 1.44 bits per heavy atom. The zero-order valence-electron chi connectivity index (χ0n) is 10.2. The first kappa shape index (κ1) is 13.1. The summed E-state index contributed by atoms with van der Waals surface area (Å²) in [5.41, 5.74) is 1.77. The number of aryl methyl sites for hydroxylation is 2. The number of benzene rings is 1. The van der Waals surface area contributed by atoms with Crippen LogP contribution in [0.4, 0.5) is 4.39 Å². The molecule has 0 fully saturated rings. The molecule has 1 unspecified atom stereocenters. The number of aliphatic hydroxyl groups is 1. The molecule has 1 aromatic heterocycles. The molecule has 1 N–H and O–H groups in total. The van der Waals surface area contributed by atoms with Gasteiger partial charge in [0.15, 0.2) is 0 Å². The van der Waals surface area contributed by atoms with Gasteiger partial charge >= 0.3 is 0 Å². The zero-order chi connectivity index (χ0) is 13.3. The van der Waals surface area contributed by atoms with Gasteiger partial charge in [0.2, 0.25) is 0 Å². The lowest BCUT2D eigenvalue weighted by atomic mass is 10.0. The number of hydrogen-bond donors (Lipinski definition) is 1. The molecule has 0 aliphatic carbocycles. The van der Waals surface area contributed by atoms with E-state index in [1.807, 2.05) is 6.92 Å². The van der Waals surface area contributed by atoms with Crippen molar-refractivity contribution in [1.82, 2.24) is 9.78 Å². The van der Waals surface area contributed by atoms with Gasteiger partial charge in [0.05, 0.1) is 11.8 Å². The fraction of sp³-hybridized carbons (Fsp3) is 0.308. The molecule has 0 radical (unpaired) electrons. The summed E-state index contributed by atoms with van der Waals surface area (Å²) in [7, 11) is 1.73. The fourth-order valence-electron chi connectivity index (χ4n) is 1.95. The third kappa shape index (κ3) is 2.40. The second-order valence-corrected chi connectivity index (χ2v) is 4.58. The molecule has 18 heavy (non-hydrogen) atoms. The number of halogens is 2. The van der Waals surface area contributed by atoms with Crippen molar-refractivity contribution in [1.29, 1.82) is 0 Å². The molecule has 0 amide bonds. The van der Waals surface area contributed by atoms with Crippen LogP contribution in [0.2, 0.25) is 5.15 Å². The van der Waals surface area contributed by atoms with Crippen molar-refractivity contribution in [3.8, 4) is 0 Å². The van der Waals surface area contributed by atoms with Gasteiger partial charge in [-0.15, -0.1) is 0 Å². The van der Waals surface area contributed by atoms with Crippen molar-refractivity contribution < 1.29 is 9.50 Å². The van der Waals surface area contributed by atoms with E-state index in [0.717, 1.165) is 11.3 Å². The summed E-state index contributed by atoms with van der Waals surface area (Å²) in [6.07, 6.45) is -0.675. The van der Waals surface area contributed by atoms with E-state index in [0.29, 0.717) is 5.15 Å². The van der Waals surface area contributed by atoms with Gasteiger partial charge in [0.25, 0.3) is 0 Å². The van der Waals surface area contributed by atoms with Crippen LogP contribution in [0.3, 0.4) is 0 Å². The Morgan fingerprint density at radius 2 is 2.11 bits per heavy atom. The molecule has 0 bridgehead atoms. The SMILES string of the molecule is Cc1nn(C)c(Cl)c1CC(O)c1ccccc1F. The summed E-state index contributed by atoms with van der Waals surface area (Å²) in [5.74, 6) is -0.414. The van der Waals surface area contributed by atoms with Gasteiger partial charge in [-0.2, -0.15) is 5.10 Å². The molecular weight excluding hydrogens is 255 g/mol. The summed E-state index contributed by atoms with van der Waals surface area (Å²) >= 11 is 6.08. The molecule has 0 aliphatic rings. The fourth-order valence-corrected chi connectivity index (χ4v) is 2.21. The Balaban J connectivity index is 2.27. The maximum Gasteiger partial charge on any atom is 0.130 e. The lowest BCUT2D eigenvalue weighted by molar-refractivity contribution is 0.173. The molecule has 1 heterocycles. The molecule has 0 saturated heterocycles. The quantitative estimate of drug-likeness (QED) is 0.930. The van der Waals surface area contributed by atoms with Crippen molar-refractivity contribution in [3.63, 3.8) is 0 Å². The van der Waals surface area contributed by atoms with Gasteiger partial charge in [-0.25, -0.2) is 4.39 Å². The molecular formula is C13H14ClFN2O. The highest BCUT2D eigenvalue weighted by Crippen LogP contribution is 2.26.